The van der Waals surface area contributed by atoms with Crippen molar-refractivity contribution in [2.75, 3.05) is 0 Å². The highest BCUT2D eigenvalue weighted by Gasteiger charge is 2.21. The molecule has 0 aromatic carbocycles. The number of nitrogens with zero attached hydrogens (tertiary/aromatic N) is 5. The third-order valence-corrected chi connectivity index (χ3v) is 2.13. The van der Waals surface area contributed by atoms with Gasteiger partial charge in [0.15, 0.2) is 0 Å². The first kappa shape index (κ1) is 9.85. The molecule has 2 rings (SSSR count). The van der Waals surface area contributed by atoms with Crippen LogP contribution in [-0.4, -0.2) is 24.7 Å². The van der Waals surface area contributed by atoms with Crippen LogP contribution in [0.3, 0.4) is 0 Å². The van der Waals surface area contributed by atoms with Crippen LogP contribution in [0.4, 0.5) is 5.82 Å². The summed E-state index contributed by atoms with van der Waals surface area (Å²) in [7, 11) is 1.50. The lowest BCUT2D eigenvalue weighted by atomic mass is 10.2. The van der Waals surface area contributed by atoms with E-state index in [0.29, 0.717) is 17.1 Å². The van der Waals surface area contributed by atoms with Gasteiger partial charge in [-0.3, -0.25) is 5.10 Å². The smallest absolute Gasteiger partial charge is 0.342 e. The molecule has 0 aliphatic carbocycles. The number of nitrogens with one attached hydrogen (secondary N) is 1. The first-order valence-corrected chi connectivity index (χ1v) is 4.25. The van der Waals surface area contributed by atoms with E-state index in [1.54, 1.807) is 0 Å². The van der Waals surface area contributed by atoms with E-state index >= 15 is 0 Å². The highest BCUT2D eigenvalue weighted by Crippen LogP contribution is 2.22. The lowest BCUT2D eigenvalue weighted by Gasteiger charge is -1.96. The fraction of sp³-hybridized carbons (Fsp3) is 0.125. The molecule has 0 saturated heterocycles. The maximum absolute atomic E-state index is 10.6. The van der Waals surface area contributed by atoms with Crippen molar-refractivity contribution < 1.29 is 4.92 Å². The van der Waals surface area contributed by atoms with Crippen molar-refractivity contribution in [2.24, 2.45) is 7.05 Å². The van der Waals surface area contributed by atoms with Gasteiger partial charge in [-0.2, -0.15) is 10.4 Å². The molecule has 16 heavy (non-hydrogen) atoms. The van der Waals surface area contributed by atoms with Gasteiger partial charge in [0.2, 0.25) is 5.82 Å². The Morgan fingerprint density at radius 1 is 1.62 bits per heavy atom. The summed E-state index contributed by atoms with van der Waals surface area (Å²) in [6.07, 6.45) is 2.48. The predicted molar refractivity (Wildman–Crippen MR) is 52.2 cm³/mol. The van der Waals surface area contributed by atoms with Crippen LogP contribution in [0.5, 0.6) is 0 Å². The second-order valence-corrected chi connectivity index (χ2v) is 3.03. The number of H-pyrrole nitrogens is 1. The highest BCUT2D eigenvalue weighted by atomic mass is 16.6. The molecule has 1 N–H and O–H groups in total. The van der Waals surface area contributed by atoms with Crippen LogP contribution < -0.4 is 0 Å². The number of aromatic nitrogens is 4. The first-order valence-electron chi connectivity index (χ1n) is 4.25. The minimum absolute atomic E-state index is 0.145. The highest BCUT2D eigenvalue weighted by molar-refractivity contribution is 5.60. The van der Waals surface area contributed by atoms with Crippen molar-refractivity contribution in [1.82, 2.24) is 19.7 Å². The molecule has 8 heteroatoms. The van der Waals surface area contributed by atoms with Gasteiger partial charge >= 0.3 is 5.82 Å². The van der Waals surface area contributed by atoms with Crippen molar-refractivity contribution in [2.45, 2.75) is 0 Å². The number of nitriles is 1. The molecule has 8 nitrogen and oxygen atoms in total. The Morgan fingerprint density at radius 3 is 2.94 bits per heavy atom. The normalized spacial score (nSPS) is 10.0. The standard InChI is InChI=1S/C8H6N6O2/c1-13-6(14(15)16)4-10-8(13)7-5(2-9)3-11-12-7/h3-4H,1H3,(H,11,12). The molecule has 0 unspecified atom stereocenters. The Hall–Kier alpha value is -2.69. The maximum atomic E-state index is 10.6. The number of rotatable bonds is 2. The Kier molecular flexibility index (Phi) is 2.13. The quantitative estimate of drug-likeness (QED) is 0.585. The van der Waals surface area contributed by atoms with Crippen LogP contribution >= 0.6 is 0 Å². The molecule has 0 radical (unpaired) electrons. The second kappa shape index (κ2) is 3.47. The van der Waals surface area contributed by atoms with Gasteiger partial charge in [-0.15, -0.1) is 0 Å². The summed E-state index contributed by atoms with van der Waals surface area (Å²) in [6.45, 7) is 0. The van der Waals surface area contributed by atoms with E-state index in [4.69, 9.17) is 5.26 Å². The third kappa shape index (κ3) is 1.31. The number of nitro groups is 1. The van der Waals surface area contributed by atoms with E-state index in [-0.39, 0.29) is 5.82 Å². The fourth-order valence-electron chi connectivity index (χ4n) is 1.34. The molecule has 0 fully saturated rings. The SMILES string of the molecule is Cn1c([N+](=O)[O-])cnc1-c1[nH]ncc1C#N. The molecule has 2 heterocycles. The summed E-state index contributed by atoms with van der Waals surface area (Å²) in [4.78, 5) is 14.0. The predicted octanol–water partition coefficient (Wildman–Crippen LogP) is 0.590. The molecule has 0 saturated carbocycles. The molecule has 0 amide bonds. The molecule has 80 valence electrons. The zero-order chi connectivity index (χ0) is 11.7. The summed E-state index contributed by atoms with van der Waals surface area (Å²) >= 11 is 0. The minimum atomic E-state index is -0.543. The Bertz CT molecular complexity index is 590. The van der Waals surface area contributed by atoms with Gasteiger partial charge in [-0.25, -0.2) is 9.55 Å². The molecule has 0 aliphatic rings. The Labute approximate surface area is 89.3 Å². The van der Waals surface area contributed by atoms with Crippen LogP contribution in [0.2, 0.25) is 0 Å². The maximum Gasteiger partial charge on any atom is 0.342 e. The van der Waals surface area contributed by atoms with E-state index < -0.39 is 4.92 Å². The fourth-order valence-corrected chi connectivity index (χ4v) is 1.34. The van der Waals surface area contributed by atoms with Crippen LogP contribution in [0.1, 0.15) is 5.56 Å². The molecule has 0 aliphatic heterocycles. The number of aromatic amines is 1. The summed E-state index contributed by atoms with van der Waals surface area (Å²) in [5.41, 5.74) is 0.668. The van der Waals surface area contributed by atoms with Crippen LogP contribution in [-0.2, 0) is 7.05 Å². The topological polar surface area (TPSA) is 113 Å². The third-order valence-electron chi connectivity index (χ3n) is 2.13. The van der Waals surface area contributed by atoms with E-state index in [9.17, 15) is 10.1 Å². The number of hydrogen-bond acceptors (Lipinski definition) is 5. The second-order valence-electron chi connectivity index (χ2n) is 3.03. The summed E-state index contributed by atoms with van der Waals surface area (Å²) in [6, 6.07) is 1.92. The zero-order valence-electron chi connectivity index (χ0n) is 8.21. The lowest BCUT2D eigenvalue weighted by molar-refractivity contribution is -0.391. The van der Waals surface area contributed by atoms with Crippen molar-refractivity contribution in [3.63, 3.8) is 0 Å². The van der Waals surface area contributed by atoms with Gasteiger partial charge in [-0.05, 0) is 4.92 Å². The van der Waals surface area contributed by atoms with E-state index in [1.165, 1.54) is 17.8 Å². The average molecular weight is 218 g/mol. The van der Waals surface area contributed by atoms with Gasteiger partial charge < -0.3 is 10.1 Å². The van der Waals surface area contributed by atoms with Crippen molar-refractivity contribution in [3.05, 3.63) is 28.1 Å². The molecule has 2 aromatic rings. The van der Waals surface area contributed by atoms with Crippen LogP contribution in [0.25, 0.3) is 11.5 Å². The van der Waals surface area contributed by atoms with Gasteiger partial charge in [-0.1, -0.05) is 0 Å². The minimum Gasteiger partial charge on any atom is -0.358 e. The van der Waals surface area contributed by atoms with Gasteiger partial charge in [0.05, 0.1) is 13.2 Å². The lowest BCUT2D eigenvalue weighted by Crippen LogP contribution is -1.99. The molecular weight excluding hydrogens is 212 g/mol. The summed E-state index contributed by atoms with van der Waals surface area (Å²) in [5.74, 6) is 0.161. The van der Waals surface area contributed by atoms with E-state index in [2.05, 4.69) is 15.2 Å². The molecule has 2 aromatic heterocycles. The molecule has 0 atom stereocenters. The molecule has 0 spiro atoms. The number of hydrogen-bond donors (Lipinski definition) is 1. The average Bonchev–Trinajstić information content (AvgIpc) is 2.82. The Balaban J connectivity index is 2.59. The van der Waals surface area contributed by atoms with Crippen molar-refractivity contribution >= 4 is 5.82 Å². The van der Waals surface area contributed by atoms with Crippen molar-refractivity contribution in [3.8, 4) is 17.6 Å². The van der Waals surface area contributed by atoms with Crippen molar-refractivity contribution in [1.29, 1.82) is 5.26 Å². The first-order chi connectivity index (χ1) is 7.65. The summed E-state index contributed by atoms with van der Waals surface area (Å²) < 4.78 is 1.29. The van der Waals surface area contributed by atoms with Gasteiger partial charge in [0.1, 0.15) is 23.5 Å². The summed E-state index contributed by atoms with van der Waals surface area (Å²) in [5, 5.41) is 25.7. The Morgan fingerprint density at radius 2 is 2.38 bits per heavy atom. The van der Waals surface area contributed by atoms with Crippen LogP contribution in [0, 0.1) is 21.4 Å². The van der Waals surface area contributed by atoms with Gasteiger partial charge in [0, 0.05) is 0 Å². The molecular formula is C8H6N6O2. The zero-order valence-corrected chi connectivity index (χ0v) is 8.21. The monoisotopic (exact) mass is 218 g/mol. The van der Waals surface area contributed by atoms with E-state index in [1.807, 2.05) is 6.07 Å². The van der Waals surface area contributed by atoms with Gasteiger partial charge in [0.25, 0.3) is 0 Å². The van der Waals surface area contributed by atoms with Crippen LogP contribution in [0.15, 0.2) is 12.4 Å². The molecule has 0 bridgehead atoms. The van der Waals surface area contributed by atoms with E-state index in [0.717, 1.165) is 6.20 Å². The largest absolute Gasteiger partial charge is 0.358 e. The number of imidazole rings is 1.